The van der Waals surface area contributed by atoms with Gasteiger partial charge in [0.15, 0.2) is 5.65 Å². The van der Waals surface area contributed by atoms with Crippen LogP contribution in [0.5, 0.6) is 0 Å². The van der Waals surface area contributed by atoms with Gasteiger partial charge in [0, 0.05) is 6.04 Å². The molecule has 3 rings (SSSR count). The van der Waals surface area contributed by atoms with Crippen molar-refractivity contribution in [2.75, 3.05) is 5.32 Å². The molecule has 0 fully saturated rings. The van der Waals surface area contributed by atoms with Crippen LogP contribution in [0.15, 0.2) is 48.7 Å². The summed E-state index contributed by atoms with van der Waals surface area (Å²) in [5, 5.41) is 7.44. The number of nitrogens with zero attached hydrogens (tertiary/aromatic N) is 3. The maximum atomic E-state index is 13.1. The van der Waals surface area contributed by atoms with Gasteiger partial charge in [-0.05, 0) is 31.0 Å². The molecule has 2 aromatic heterocycles. The Bertz CT molecular complexity index is 708. The van der Waals surface area contributed by atoms with E-state index in [9.17, 15) is 4.39 Å². The lowest BCUT2D eigenvalue weighted by Gasteiger charge is -2.11. The number of halogens is 1. The van der Waals surface area contributed by atoms with Crippen LogP contribution in [0.2, 0.25) is 0 Å². The van der Waals surface area contributed by atoms with Gasteiger partial charge in [-0.25, -0.2) is 8.91 Å². The quantitative estimate of drug-likeness (QED) is 0.792. The van der Waals surface area contributed by atoms with E-state index in [0.29, 0.717) is 11.6 Å². The van der Waals surface area contributed by atoms with Crippen LogP contribution in [-0.4, -0.2) is 20.6 Å². The summed E-state index contributed by atoms with van der Waals surface area (Å²) in [4.78, 5) is 4.31. The summed E-state index contributed by atoms with van der Waals surface area (Å²) in [6, 6.07) is 13.4. The van der Waals surface area contributed by atoms with Gasteiger partial charge in [0.2, 0.25) is 5.95 Å². The highest BCUT2D eigenvalue weighted by molar-refractivity contribution is 5.43. The number of nitrogens with one attached hydrogen (secondary N) is 1. The fourth-order valence-corrected chi connectivity index (χ4v) is 2.16. The molecule has 1 N–H and O–H groups in total. The summed E-state index contributed by atoms with van der Waals surface area (Å²) in [5.41, 5.74) is 1.88. The zero-order valence-electron chi connectivity index (χ0n) is 11.1. The third-order valence-electron chi connectivity index (χ3n) is 3.06. The Hall–Kier alpha value is -2.43. The van der Waals surface area contributed by atoms with Gasteiger partial charge >= 0.3 is 0 Å². The van der Waals surface area contributed by atoms with E-state index in [1.54, 1.807) is 6.07 Å². The van der Waals surface area contributed by atoms with Crippen molar-refractivity contribution in [2.24, 2.45) is 0 Å². The summed E-state index contributed by atoms with van der Waals surface area (Å²) in [5.74, 6) is 0.185. The number of aromatic nitrogens is 3. The summed E-state index contributed by atoms with van der Waals surface area (Å²) in [6.45, 7) is 2.07. The van der Waals surface area contributed by atoms with Gasteiger partial charge in [-0.1, -0.05) is 30.3 Å². The van der Waals surface area contributed by atoms with Crippen LogP contribution in [0, 0.1) is 5.82 Å². The number of benzene rings is 1. The Balaban J connectivity index is 1.72. The van der Waals surface area contributed by atoms with Crippen LogP contribution >= 0.6 is 0 Å². The van der Waals surface area contributed by atoms with Crippen LogP contribution in [0.25, 0.3) is 5.65 Å². The van der Waals surface area contributed by atoms with E-state index in [1.807, 2.05) is 18.2 Å². The highest BCUT2D eigenvalue weighted by Gasteiger charge is 2.08. The second kappa shape index (κ2) is 5.28. The van der Waals surface area contributed by atoms with Crippen molar-refractivity contribution in [3.05, 3.63) is 60.0 Å². The minimum atomic E-state index is -0.328. The molecule has 0 radical (unpaired) electrons. The topological polar surface area (TPSA) is 42.2 Å². The Labute approximate surface area is 116 Å². The van der Waals surface area contributed by atoms with Crippen LogP contribution in [0.1, 0.15) is 12.5 Å². The summed E-state index contributed by atoms with van der Waals surface area (Å²) < 4.78 is 14.5. The summed E-state index contributed by atoms with van der Waals surface area (Å²) >= 11 is 0. The summed E-state index contributed by atoms with van der Waals surface area (Å²) in [6.07, 6.45) is 2.19. The smallest absolute Gasteiger partial charge is 0.243 e. The van der Waals surface area contributed by atoms with E-state index in [4.69, 9.17) is 0 Å². The molecule has 0 aliphatic heterocycles. The molecule has 1 atom stereocenters. The predicted molar refractivity (Wildman–Crippen MR) is 76.2 cm³/mol. The van der Waals surface area contributed by atoms with Crippen LogP contribution < -0.4 is 5.32 Å². The average Bonchev–Trinajstić information content (AvgIpc) is 2.80. The van der Waals surface area contributed by atoms with Crippen molar-refractivity contribution >= 4 is 11.6 Å². The Morgan fingerprint density at radius 2 is 2.00 bits per heavy atom. The maximum absolute atomic E-state index is 13.1. The molecule has 1 aromatic carbocycles. The molecule has 102 valence electrons. The molecule has 0 bridgehead atoms. The third-order valence-corrected chi connectivity index (χ3v) is 3.06. The number of anilines is 1. The molecule has 0 saturated heterocycles. The molecule has 4 nitrogen and oxygen atoms in total. The van der Waals surface area contributed by atoms with E-state index in [1.165, 1.54) is 22.3 Å². The standard InChI is InChI=1S/C15H15FN4/c1-11(9-12-5-3-2-4-6-12)17-15-18-14-8-7-13(16)10-20(14)19-15/h2-8,10-11H,9H2,1H3,(H,17,19). The van der Waals surface area contributed by atoms with Crippen molar-refractivity contribution in [1.82, 2.24) is 14.6 Å². The largest absolute Gasteiger partial charge is 0.350 e. The van der Waals surface area contributed by atoms with E-state index in [2.05, 4.69) is 34.5 Å². The molecule has 1 unspecified atom stereocenters. The minimum Gasteiger partial charge on any atom is -0.350 e. The molecule has 0 aliphatic carbocycles. The molecule has 2 heterocycles. The maximum Gasteiger partial charge on any atom is 0.243 e. The van der Waals surface area contributed by atoms with Gasteiger partial charge < -0.3 is 5.32 Å². The van der Waals surface area contributed by atoms with Gasteiger partial charge in [-0.3, -0.25) is 0 Å². The monoisotopic (exact) mass is 270 g/mol. The van der Waals surface area contributed by atoms with Gasteiger partial charge in [0.25, 0.3) is 0 Å². The van der Waals surface area contributed by atoms with Gasteiger partial charge in [-0.2, -0.15) is 4.98 Å². The van der Waals surface area contributed by atoms with Gasteiger partial charge in [0.05, 0.1) is 6.20 Å². The van der Waals surface area contributed by atoms with Crippen molar-refractivity contribution in [1.29, 1.82) is 0 Å². The van der Waals surface area contributed by atoms with E-state index in [-0.39, 0.29) is 11.9 Å². The molecule has 0 aliphatic rings. The predicted octanol–water partition coefficient (Wildman–Crippen LogP) is 2.91. The van der Waals surface area contributed by atoms with E-state index >= 15 is 0 Å². The first-order chi connectivity index (χ1) is 9.70. The number of pyridine rings is 1. The minimum absolute atomic E-state index is 0.194. The second-order valence-electron chi connectivity index (χ2n) is 4.82. The highest BCUT2D eigenvalue weighted by atomic mass is 19.1. The normalized spacial score (nSPS) is 12.5. The molecule has 3 aromatic rings. The lowest BCUT2D eigenvalue weighted by molar-refractivity contribution is 0.614. The number of fused-ring (bicyclic) bond motifs is 1. The molecular formula is C15H15FN4. The fraction of sp³-hybridized carbons (Fsp3) is 0.200. The first-order valence-electron chi connectivity index (χ1n) is 6.53. The van der Waals surface area contributed by atoms with Crippen LogP contribution in [0.3, 0.4) is 0 Å². The van der Waals surface area contributed by atoms with Crippen molar-refractivity contribution < 1.29 is 4.39 Å². The SMILES string of the molecule is CC(Cc1ccccc1)Nc1nc2ccc(F)cn2n1. The molecule has 20 heavy (non-hydrogen) atoms. The number of hydrogen-bond acceptors (Lipinski definition) is 3. The number of rotatable bonds is 4. The van der Waals surface area contributed by atoms with Crippen LogP contribution in [0.4, 0.5) is 10.3 Å². The van der Waals surface area contributed by atoms with E-state index < -0.39 is 0 Å². The molecule has 0 saturated carbocycles. The Morgan fingerprint density at radius 3 is 2.80 bits per heavy atom. The van der Waals surface area contributed by atoms with Crippen molar-refractivity contribution in [3.63, 3.8) is 0 Å². The zero-order valence-corrected chi connectivity index (χ0v) is 11.1. The number of hydrogen-bond donors (Lipinski definition) is 1. The average molecular weight is 270 g/mol. The molecular weight excluding hydrogens is 255 g/mol. The fourth-order valence-electron chi connectivity index (χ4n) is 2.16. The Kier molecular flexibility index (Phi) is 3.33. The molecule has 0 amide bonds. The third kappa shape index (κ3) is 2.77. The first-order valence-corrected chi connectivity index (χ1v) is 6.53. The van der Waals surface area contributed by atoms with Gasteiger partial charge in [0.1, 0.15) is 5.82 Å². The van der Waals surface area contributed by atoms with Gasteiger partial charge in [-0.15, -0.1) is 5.10 Å². The van der Waals surface area contributed by atoms with Crippen LogP contribution in [-0.2, 0) is 6.42 Å². The molecule has 0 spiro atoms. The van der Waals surface area contributed by atoms with E-state index in [0.717, 1.165) is 6.42 Å². The first kappa shape index (κ1) is 12.6. The summed E-state index contributed by atoms with van der Waals surface area (Å²) in [7, 11) is 0. The Morgan fingerprint density at radius 1 is 1.20 bits per heavy atom. The van der Waals surface area contributed by atoms with Crippen molar-refractivity contribution in [3.8, 4) is 0 Å². The lowest BCUT2D eigenvalue weighted by atomic mass is 10.1. The zero-order chi connectivity index (χ0) is 13.9. The highest BCUT2D eigenvalue weighted by Crippen LogP contribution is 2.10. The van der Waals surface area contributed by atoms with Crippen molar-refractivity contribution in [2.45, 2.75) is 19.4 Å². The lowest BCUT2D eigenvalue weighted by Crippen LogP contribution is -2.18. The second-order valence-corrected chi connectivity index (χ2v) is 4.82. The molecule has 5 heteroatoms.